The number of carbonyl (C=O) groups excluding carboxylic acids is 1. The zero-order valence-electron chi connectivity index (χ0n) is 18.5. The second-order valence-electron chi connectivity index (χ2n) is 8.01. The molecule has 8 nitrogen and oxygen atoms in total. The Morgan fingerprint density at radius 3 is 3.00 bits per heavy atom. The molecule has 1 unspecified atom stereocenters. The Kier molecular flexibility index (Phi) is 8.19. The number of anilines is 1. The van der Waals surface area contributed by atoms with Crippen molar-refractivity contribution in [3.8, 4) is 11.3 Å². The number of nitrogens with one attached hydrogen (secondary N) is 1. The summed E-state index contributed by atoms with van der Waals surface area (Å²) in [5.74, 6) is 1.18. The van der Waals surface area contributed by atoms with Crippen LogP contribution < -0.4 is 5.32 Å². The molecule has 1 N–H and O–H groups in total. The van der Waals surface area contributed by atoms with Crippen LogP contribution in [0.3, 0.4) is 0 Å². The Bertz CT molecular complexity index is 1110. The van der Waals surface area contributed by atoms with Crippen molar-refractivity contribution in [1.82, 2.24) is 19.5 Å². The number of likely N-dealkylation sites (tertiary alicyclic amines) is 1. The molecule has 1 atom stereocenters. The van der Waals surface area contributed by atoms with E-state index in [4.69, 9.17) is 26.1 Å². The number of benzene rings is 1. The highest BCUT2D eigenvalue weighted by atomic mass is 79.9. The molecule has 3 heterocycles. The van der Waals surface area contributed by atoms with Crippen LogP contribution in [0.1, 0.15) is 12.8 Å². The van der Waals surface area contributed by atoms with Crippen LogP contribution in [0.5, 0.6) is 0 Å². The zero-order valence-corrected chi connectivity index (χ0v) is 20.8. The van der Waals surface area contributed by atoms with Crippen molar-refractivity contribution in [2.75, 3.05) is 51.9 Å². The van der Waals surface area contributed by atoms with E-state index in [1.54, 1.807) is 17.8 Å². The highest BCUT2D eigenvalue weighted by Crippen LogP contribution is 2.30. The average molecular weight is 537 g/mol. The van der Waals surface area contributed by atoms with Gasteiger partial charge in [-0.15, -0.1) is 0 Å². The molecule has 2 aromatic heterocycles. The first-order valence-electron chi connectivity index (χ1n) is 10.9. The molecule has 1 fully saturated rings. The van der Waals surface area contributed by atoms with E-state index >= 15 is 0 Å². The Labute approximate surface area is 206 Å². The number of fused-ring (bicyclic) bond motifs is 1. The van der Waals surface area contributed by atoms with E-state index < -0.39 is 0 Å². The summed E-state index contributed by atoms with van der Waals surface area (Å²) in [4.78, 5) is 19.1. The van der Waals surface area contributed by atoms with Gasteiger partial charge >= 0.3 is 0 Å². The number of ether oxygens (including phenoxy) is 2. The Hall–Kier alpha value is -2.20. The quantitative estimate of drug-likeness (QED) is 0.414. The van der Waals surface area contributed by atoms with Gasteiger partial charge in [0.2, 0.25) is 5.91 Å². The number of carbonyl (C=O) groups is 1. The lowest BCUT2D eigenvalue weighted by molar-refractivity contribution is -0.138. The molecule has 33 heavy (non-hydrogen) atoms. The predicted molar refractivity (Wildman–Crippen MR) is 132 cm³/mol. The van der Waals surface area contributed by atoms with Crippen LogP contribution in [0.2, 0.25) is 5.02 Å². The number of hydrogen-bond donors (Lipinski definition) is 1. The van der Waals surface area contributed by atoms with Crippen LogP contribution in [0.4, 0.5) is 5.82 Å². The number of aromatic nitrogens is 3. The Balaban J connectivity index is 1.45. The SMILES string of the molecule is COCCOCC(=O)N1CCCC(CNc2cc(-c3ccccc3Cl)nc3c(Br)cnn23)C1. The first-order chi connectivity index (χ1) is 16.1. The Morgan fingerprint density at radius 2 is 2.18 bits per heavy atom. The molecule has 0 bridgehead atoms. The summed E-state index contributed by atoms with van der Waals surface area (Å²) in [6.45, 7) is 3.19. The molecule has 4 rings (SSSR count). The number of halogens is 2. The number of rotatable bonds is 9. The van der Waals surface area contributed by atoms with E-state index in [9.17, 15) is 4.79 Å². The fourth-order valence-corrected chi connectivity index (χ4v) is 4.55. The largest absolute Gasteiger partial charge is 0.382 e. The van der Waals surface area contributed by atoms with Crippen LogP contribution in [-0.2, 0) is 14.3 Å². The molecule has 10 heteroatoms. The summed E-state index contributed by atoms with van der Waals surface area (Å²) < 4.78 is 12.9. The Morgan fingerprint density at radius 1 is 1.33 bits per heavy atom. The van der Waals surface area contributed by atoms with Crippen LogP contribution in [0.25, 0.3) is 16.9 Å². The lowest BCUT2D eigenvalue weighted by Gasteiger charge is -2.33. The van der Waals surface area contributed by atoms with Gasteiger partial charge in [0.1, 0.15) is 12.4 Å². The number of piperidine rings is 1. The minimum absolute atomic E-state index is 0.0270. The molecular formula is C23H27BrClN5O3. The van der Waals surface area contributed by atoms with E-state index in [0.29, 0.717) is 42.9 Å². The van der Waals surface area contributed by atoms with Gasteiger partial charge in [0.25, 0.3) is 0 Å². The van der Waals surface area contributed by atoms with Crippen LogP contribution >= 0.6 is 27.5 Å². The third-order valence-corrected chi connectivity index (χ3v) is 6.57. The molecule has 0 spiro atoms. The summed E-state index contributed by atoms with van der Waals surface area (Å²) in [5, 5.41) is 8.63. The molecule has 0 saturated carbocycles. The highest BCUT2D eigenvalue weighted by molar-refractivity contribution is 9.10. The second kappa shape index (κ2) is 11.3. The van der Waals surface area contributed by atoms with Crippen LogP contribution in [0.15, 0.2) is 41.0 Å². The molecule has 0 aliphatic carbocycles. The van der Waals surface area contributed by atoms with Crippen LogP contribution in [0, 0.1) is 5.92 Å². The summed E-state index contributed by atoms with van der Waals surface area (Å²) in [6, 6.07) is 9.61. The van der Waals surface area contributed by atoms with Gasteiger partial charge in [-0.1, -0.05) is 29.8 Å². The lowest BCUT2D eigenvalue weighted by Crippen LogP contribution is -2.43. The van der Waals surface area contributed by atoms with Gasteiger partial charge in [0.15, 0.2) is 5.65 Å². The highest BCUT2D eigenvalue weighted by Gasteiger charge is 2.24. The molecule has 0 radical (unpaired) electrons. The zero-order chi connectivity index (χ0) is 23.2. The molecule has 176 valence electrons. The van der Waals surface area contributed by atoms with E-state index in [-0.39, 0.29) is 12.5 Å². The minimum Gasteiger partial charge on any atom is -0.382 e. The number of nitrogens with zero attached hydrogens (tertiary/aromatic N) is 4. The third kappa shape index (κ3) is 5.84. The maximum Gasteiger partial charge on any atom is 0.248 e. The molecule has 1 aromatic carbocycles. The van der Waals surface area contributed by atoms with Gasteiger partial charge < -0.3 is 19.7 Å². The summed E-state index contributed by atoms with van der Waals surface area (Å²) in [6.07, 6.45) is 3.75. The number of hydrogen-bond acceptors (Lipinski definition) is 6. The van der Waals surface area contributed by atoms with E-state index in [1.165, 1.54) is 0 Å². The van der Waals surface area contributed by atoms with Gasteiger partial charge in [-0.2, -0.15) is 9.61 Å². The van der Waals surface area contributed by atoms with Gasteiger partial charge in [0.05, 0.1) is 29.6 Å². The number of amides is 1. The number of methoxy groups -OCH3 is 1. The van der Waals surface area contributed by atoms with Gasteiger partial charge in [-0.05, 0) is 40.8 Å². The molecule has 1 aliphatic heterocycles. The average Bonchev–Trinajstić information content (AvgIpc) is 3.21. The molecular weight excluding hydrogens is 510 g/mol. The molecule has 1 aliphatic rings. The molecule has 1 saturated heterocycles. The van der Waals surface area contributed by atoms with E-state index in [1.807, 2.05) is 35.2 Å². The summed E-state index contributed by atoms with van der Waals surface area (Å²) >= 11 is 9.96. The summed E-state index contributed by atoms with van der Waals surface area (Å²) in [7, 11) is 1.61. The van der Waals surface area contributed by atoms with Crippen molar-refractivity contribution in [2.45, 2.75) is 12.8 Å². The van der Waals surface area contributed by atoms with Crippen molar-refractivity contribution in [3.63, 3.8) is 0 Å². The minimum atomic E-state index is 0.0270. The van der Waals surface area contributed by atoms with Gasteiger partial charge in [-0.3, -0.25) is 4.79 Å². The molecule has 3 aromatic rings. The van der Waals surface area contributed by atoms with Crippen LogP contribution in [-0.4, -0.2) is 72.0 Å². The van der Waals surface area contributed by atoms with Gasteiger partial charge in [0, 0.05) is 43.4 Å². The van der Waals surface area contributed by atoms with Crippen molar-refractivity contribution in [2.24, 2.45) is 5.92 Å². The van der Waals surface area contributed by atoms with Gasteiger partial charge in [-0.25, -0.2) is 4.98 Å². The topological polar surface area (TPSA) is 81.0 Å². The van der Waals surface area contributed by atoms with Crippen molar-refractivity contribution >= 4 is 44.9 Å². The standard InChI is InChI=1S/C23H27BrClN5O3/c1-32-9-10-33-15-22(31)29-8-4-5-16(14-29)12-26-21-11-20(17-6-2-3-7-19(17)25)28-23-18(24)13-27-30(21)23/h2-3,6-7,11,13,16,26H,4-5,8-10,12,14-15H2,1H3. The normalized spacial score (nSPS) is 16.3. The van der Waals surface area contributed by atoms with Crippen molar-refractivity contribution in [3.05, 3.63) is 46.0 Å². The monoisotopic (exact) mass is 535 g/mol. The van der Waals surface area contributed by atoms with Crippen molar-refractivity contribution in [1.29, 1.82) is 0 Å². The maximum atomic E-state index is 12.5. The van der Waals surface area contributed by atoms with E-state index in [0.717, 1.165) is 40.9 Å². The second-order valence-corrected chi connectivity index (χ2v) is 9.27. The first kappa shape index (κ1) is 23.9. The predicted octanol–water partition coefficient (Wildman–Crippen LogP) is 4.13. The molecule has 1 amide bonds. The summed E-state index contributed by atoms with van der Waals surface area (Å²) in [5.41, 5.74) is 2.34. The maximum absolute atomic E-state index is 12.5. The fraction of sp³-hybridized carbons (Fsp3) is 0.435. The lowest BCUT2D eigenvalue weighted by atomic mass is 9.98. The van der Waals surface area contributed by atoms with E-state index in [2.05, 4.69) is 26.3 Å². The smallest absolute Gasteiger partial charge is 0.248 e. The fourth-order valence-electron chi connectivity index (χ4n) is 3.97. The van der Waals surface area contributed by atoms with Crippen molar-refractivity contribution < 1.29 is 14.3 Å². The third-order valence-electron chi connectivity index (χ3n) is 5.68. The first-order valence-corrected chi connectivity index (χ1v) is 12.1.